The lowest BCUT2D eigenvalue weighted by Crippen LogP contribution is -2.52. The molecule has 1 saturated heterocycles. The lowest BCUT2D eigenvalue weighted by atomic mass is 9.88. The standard InChI is InChI=1S/C17H24ClNO4S/c1-14(2)11-17(13-24(18,21)22)9-6-10-19(17)16(20)23-12-15-7-4-3-5-8-15/h3-5,7-8,14H,6,9-13H2,1-2H3. The van der Waals surface area contributed by atoms with E-state index >= 15 is 0 Å². The van der Waals surface area contributed by atoms with E-state index in [1.54, 1.807) is 4.90 Å². The Bertz CT molecular complexity index is 662. The van der Waals surface area contributed by atoms with Crippen molar-refractivity contribution in [1.82, 2.24) is 4.90 Å². The second-order valence-electron chi connectivity index (χ2n) is 6.80. The lowest BCUT2D eigenvalue weighted by molar-refractivity contribution is 0.0644. The Labute approximate surface area is 148 Å². The molecule has 1 aromatic rings. The fourth-order valence-electron chi connectivity index (χ4n) is 3.52. The summed E-state index contributed by atoms with van der Waals surface area (Å²) >= 11 is 0. The molecule has 1 unspecified atom stereocenters. The quantitative estimate of drug-likeness (QED) is 0.712. The highest BCUT2D eigenvalue weighted by Crippen LogP contribution is 2.37. The van der Waals surface area contributed by atoms with Crippen molar-refractivity contribution in [1.29, 1.82) is 0 Å². The van der Waals surface area contributed by atoms with Crippen molar-refractivity contribution < 1.29 is 17.9 Å². The SMILES string of the molecule is CC(C)CC1(CS(=O)(=O)Cl)CCCN1C(=O)OCc1ccccc1. The number of carbonyl (C=O) groups is 1. The molecule has 0 saturated carbocycles. The molecule has 1 aliphatic heterocycles. The molecule has 1 amide bonds. The molecule has 1 aliphatic rings. The lowest BCUT2D eigenvalue weighted by Gasteiger charge is -2.38. The van der Waals surface area contributed by atoms with E-state index in [2.05, 4.69) is 0 Å². The molecule has 0 radical (unpaired) electrons. The van der Waals surface area contributed by atoms with Crippen LogP contribution >= 0.6 is 10.7 Å². The second kappa shape index (κ2) is 7.74. The summed E-state index contributed by atoms with van der Waals surface area (Å²) in [6.45, 7) is 4.68. The van der Waals surface area contributed by atoms with Crippen LogP contribution in [0.4, 0.5) is 4.79 Å². The minimum Gasteiger partial charge on any atom is -0.445 e. The van der Waals surface area contributed by atoms with Gasteiger partial charge in [0.25, 0.3) is 0 Å². The highest BCUT2D eigenvalue weighted by atomic mass is 35.7. The molecule has 1 fully saturated rings. The molecule has 0 N–H and O–H groups in total. The zero-order valence-corrected chi connectivity index (χ0v) is 15.6. The number of benzene rings is 1. The second-order valence-corrected chi connectivity index (χ2v) is 9.58. The van der Waals surface area contributed by atoms with Crippen LogP contribution in [0, 0.1) is 5.92 Å². The van der Waals surface area contributed by atoms with Crippen LogP contribution in [-0.4, -0.2) is 37.2 Å². The van der Waals surface area contributed by atoms with E-state index in [-0.39, 0.29) is 18.3 Å². The molecule has 0 bridgehead atoms. The molecular formula is C17H24ClNO4S. The fourth-order valence-corrected chi connectivity index (χ4v) is 5.19. The molecule has 1 aromatic carbocycles. The number of carbonyl (C=O) groups excluding carboxylic acids is 1. The Morgan fingerprint density at radius 3 is 2.58 bits per heavy atom. The van der Waals surface area contributed by atoms with Gasteiger partial charge in [-0.15, -0.1) is 0 Å². The van der Waals surface area contributed by atoms with E-state index in [1.807, 2.05) is 44.2 Å². The first-order valence-electron chi connectivity index (χ1n) is 8.12. The summed E-state index contributed by atoms with van der Waals surface area (Å²) in [4.78, 5) is 14.1. The monoisotopic (exact) mass is 373 g/mol. The molecule has 7 heteroatoms. The van der Waals surface area contributed by atoms with Gasteiger partial charge in [0.1, 0.15) is 6.61 Å². The van der Waals surface area contributed by atoms with E-state index in [0.29, 0.717) is 19.4 Å². The molecule has 5 nitrogen and oxygen atoms in total. The van der Waals surface area contributed by atoms with Crippen LogP contribution in [0.3, 0.4) is 0 Å². The van der Waals surface area contributed by atoms with Crippen molar-refractivity contribution in [2.24, 2.45) is 5.92 Å². The van der Waals surface area contributed by atoms with Gasteiger partial charge in [-0.2, -0.15) is 0 Å². The van der Waals surface area contributed by atoms with Gasteiger partial charge in [-0.3, -0.25) is 0 Å². The van der Waals surface area contributed by atoms with Crippen molar-refractivity contribution >= 4 is 25.8 Å². The number of hydrogen-bond acceptors (Lipinski definition) is 4. The van der Waals surface area contributed by atoms with Gasteiger partial charge in [-0.1, -0.05) is 44.2 Å². The summed E-state index contributed by atoms with van der Waals surface area (Å²) in [5, 5.41) is 0. The maximum absolute atomic E-state index is 12.6. The maximum Gasteiger partial charge on any atom is 0.410 e. The van der Waals surface area contributed by atoms with Crippen molar-refractivity contribution in [3.05, 3.63) is 35.9 Å². The summed E-state index contributed by atoms with van der Waals surface area (Å²) in [7, 11) is 1.80. The Balaban J connectivity index is 2.13. The molecule has 0 aliphatic carbocycles. The molecule has 2 rings (SSSR count). The first kappa shape index (κ1) is 19.1. The smallest absolute Gasteiger partial charge is 0.410 e. The average molecular weight is 374 g/mol. The number of halogens is 1. The molecule has 24 heavy (non-hydrogen) atoms. The van der Waals surface area contributed by atoms with Crippen LogP contribution in [0.5, 0.6) is 0 Å². The van der Waals surface area contributed by atoms with Crippen molar-refractivity contribution in [3.63, 3.8) is 0 Å². The summed E-state index contributed by atoms with van der Waals surface area (Å²) in [6, 6.07) is 9.40. The molecule has 0 spiro atoms. The number of hydrogen-bond donors (Lipinski definition) is 0. The van der Waals surface area contributed by atoms with Crippen molar-refractivity contribution in [2.75, 3.05) is 12.3 Å². The number of rotatable bonds is 6. The highest BCUT2D eigenvalue weighted by molar-refractivity contribution is 8.13. The van der Waals surface area contributed by atoms with Crippen LogP contribution in [0.15, 0.2) is 30.3 Å². The van der Waals surface area contributed by atoms with Gasteiger partial charge in [0.05, 0.1) is 11.3 Å². The van der Waals surface area contributed by atoms with E-state index in [1.165, 1.54) is 0 Å². The minimum absolute atomic E-state index is 0.168. The fraction of sp³-hybridized carbons (Fsp3) is 0.588. The summed E-state index contributed by atoms with van der Waals surface area (Å²) in [6.07, 6.45) is 1.48. The predicted molar refractivity (Wildman–Crippen MR) is 94.4 cm³/mol. The number of amides is 1. The molecule has 1 atom stereocenters. The summed E-state index contributed by atoms with van der Waals surface area (Å²) in [5.74, 6) is 0.00567. The van der Waals surface area contributed by atoms with Gasteiger partial charge in [0.2, 0.25) is 9.05 Å². The van der Waals surface area contributed by atoms with Crippen LogP contribution < -0.4 is 0 Å². The molecular weight excluding hydrogens is 350 g/mol. The summed E-state index contributed by atoms with van der Waals surface area (Å²) < 4.78 is 28.8. The van der Waals surface area contributed by atoms with Gasteiger partial charge >= 0.3 is 6.09 Å². The maximum atomic E-state index is 12.6. The van der Waals surface area contributed by atoms with Gasteiger partial charge in [0, 0.05) is 17.2 Å². The minimum atomic E-state index is -3.72. The first-order chi connectivity index (χ1) is 11.2. The Morgan fingerprint density at radius 1 is 1.33 bits per heavy atom. The third kappa shape index (κ3) is 5.11. The van der Waals surface area contributed by atoms with Gasteiger partial charge < -0.3 is 9.64 Å². The van der Waals surface area contributed by atoms with Crippen molar-refractivity contribution in [3.8, 4) is 0 Å². The Hall–Kier alpha value is -1.27. The summed E-state index contributed by atoms with van der Waals surface area (Å²) in [5.41, 5.74) is 0.118. The topological polar surface area (TPSA) is 63.7 Å². The average Bonchev–Trinajstić information content (AvgIpc) is 2.86. The molecule has 134 valence electrons. The van der Waals surface area contributed by atoms with Crippen molar-refractivity contribution in [2.45, 2.75) is 45.3 Å². The van der Waals surface area contributed by atoms with Gasteiger partial charge in [0.15, 0.2) is 0 Å². The Morgan fingerprint density at radius 2 is 2.00 bits per heavy atom. The zero-order valence-electron chi connectivity index (χ0n) is 14.1. The number of ether oxygens (including phenoxy) is 1. The molecule has 0 aromatic heterocycles. The molecule has 1 heterocycles. The number of nitrogens with zero attached hydrogens (tertiary/aromatic N) is 1. The van der Waals surface area contributed by atoms with Crippen LogP contribution in [-0.2, 0) is 20.4 Å². The highest BCUT2D eigenvalue weighted by Gasteiger charge is 2.47. The van der Waals surface area contributed by atoms with E-state index in [4.69, 9.17) is 15.4 Å². The van der Waals surface area contributed by atoms with Gasteiger partial charge in [-0.05, 0) is 30.7 Å². The zero-order chi connectivity index (χ0) is 17.8. The Kier molecular flexibility index (Phi) is 6.15. The van der Waals surface area contributed by atoms with E-state index in [0.717, 1.165) is 12.0 Å². The third-order valence-corrected chi connectivity index (χ3v) is 5.46. The van der Waals surface area contributed by atoms with E-state index < -0.39 is 20.7 Å². The normalized spacial score (nSPS) is 21.2. The predicted octanol–water partition coefficient (Wildman–Crippen LogP) is 3.77. The van der Waals surface area contributed by atoms with Crippen LogP contribution in [0.2, 0.25) is 0 Å². The van der Waals surface area contributed by atoms with Gasteiger partial charge in [-0.25, -0.2) is 13.2 Å². The first-order valence-corrected chi connectivity index (χ1v) is 10.6. The number of likely N-dealkylation sites (tertiary alicyclic amines) is 1. The van der Waals surface area contributed by atoms with Crippen LogP contribution in [0.25, 0.3) is 0 Å². The third-order valence-electron chi connectivity index (χ3n) is 4.25. The van der Waals surface area contributed by atoms with E-state index in [9.17, 15) is 13.2 Å². The largest absolute Gasteiger partial charge is 0.445 e. The van der Waals surface area contributed by atoms with Crippen LogP contribution in [0.1, 0.15) is 38.7 Å².